The normalized spacial score (nSPS) is 16.4. The SMILES string of the molecule is C=CCSc1nnc(N2CCOCC2)n1C. The Balaban J connectivity index is 2.08. The van der Waals surface area contributed by atoms with Gasteiger partial charge in [0.05, 0.1) is 13.2 Å². The molecule has 0 amide bonds. The van der Waals surface area contributed by atoms with E-state index in [4.69, 9.17) is 4.74 Å². The van der Waals surface area contributed by atoms with Crippen molar-refractivity contribution in [3.05, 3.63) is 12.7 Å². The lowest BCUT2D eigenvalue weighted by Gasteiger charge is -2.27. The average Bonchev–Trinajstić information content (AvgIpc) is 2.69. The molecule has 1 aliphatic rings. The van der Waals surface area contributed by atoms with E-state index in [1.165, 1.54) is 0 Å². The topological polar surface area (TPSA) is 43.2 Å². The monoisotopic (exact) mass is 240 g/mol. The predicted octanol–water partition coefficient (Wildman–Crippen LogP) is 0.930. The summed E-state index contributed by atoms with van der Waals surface area (Å²) in [6.45, 7) is 7.00. The van der Waals surface area contributed by atoms with Crippen LogP contribution in [0.2, 0.25) is 0 Å². The molecule has 1 saturated heterocycles. The molecule has 0 unspecified atom stereocenters. The van der Waals surface area contributed by atoms with E-state index >= 15 is 0 Å². The van der Waals surface area contributed by atoms with Crippen molar-refractivity contribution in [3.8, 4) is 0 Å². The molecule has 2 heterocycles. The van der Waals surface area contributed by atoms with E-state index in [-0.39, 0.29) is 0 Å². The van der Waals surface area contributed by atoms with Gasteiger partial charge in [0.15, 0.2) is 5.16 Å². The number of morpholine rings is 1. The summed E-state index contributed by atoms with van der Waals surface area (Å²) in [5.41, 5.74) is 0. The number of anilines is 1. The lowest BCUT2D eigenvalue weighted by atomic mass is 10.4. The summed E-state index contributed by atoms with van der Waals surface area (Å²) in [7, 11) is 2.00. The maximum Gasteiger partial charge on any atom is 0.227 e. The molecule has 0 atom stereocenters. The third-order valence-corrected chi connectivity index (χ3v) is 3.45. The molecule has 0 N–H and O–H groups in total. The molecule has 0 aliphatic carbocycles. The van der Waals surface area contributed by atoms with Crippen LogP contribution in [-0.2, 0) is 11.8 Å². The predicted molar refractivity (Wildman–Crippen MR) is 65.0 cm³/mol. The highest BCUT2D eigenvalue weighted by Gasteiger charge is 2.17. The van der Waals surface area contributed by atoms with Gasteiger partial charge in [0.25, 0.3) is 0 Å². The molecular weight excluding hydrogens is 224 g/mol. The molecule has 0 spiro atoms. The maximum atomic E-state index is 5.32. The minimum atomic E-state index is 0.766. The van der Waals surface area contributed by atoms with Crippen molar-refractivity contribution in [1.29, 1.82) is 0 Å². The first-order valence-corrected chi connectivity index (χ1v) is 6.27. The average molecular weight is 240 g/mol. The first kappa shape index (κ1) is 11.5. The summed E-state index contributed by atoms with van der Waals surface area (Å²) < 4.78 is 7.34. The van der Waals surface area contributed by atoms with Crippen LogP contribution in [-0.4, -0.2) is 46.8 Å². The Kier molecular flexibility index (Phi) is 3.84. The molecule has 0 radical (unpaired) electrons. The van der Waals surface area contributed by atoms with Gasteiger partial charge in [-0.15, -0.1) is 16.8 Å². The summed E-state index contributed by atoms with van der Waals surface area (Å²) >= 11 is 1.65. The number of ether oxygens (including phenoxy) is 1. The van der Waals surface area contributed by atoms with Crippen LogP contribution >= 0.6 is 11.8 Å². The van der Waals surface area contributed by atoms with Crippen LogP contribution in [0.25, 0.3) is 0 Å². The highest BCUT2D eigenvalue weighted by atomic mass is 32.2. The number of thioether (sulfide) groups is 1. The van der Waals surface area contributed by atoms with Crippen molar-refractivity contribution in [2.24, 2.45) is 7.05 Å². The smallest absolute Gasteiger partial charge is 0.227 e. The molecule has 0 aromatic carbocycles. The van der Waals surface area contributed by atoms with Gasteiger partial charge >= 0.3 is 0 Å². The Bertz CT molecular complexity index is 360. The molecular formula is C10H16N4OS. The van der Waals surface area contributed by atoms with E-state index < -0.39 is 0 Å². The van der Waals surface area contributed by atoms with Gasteiger partial charge in [-0.25, -0.2) is 0 Å². The van der Waals surface area contributed by atoms with E-state index in [1.54, 1.807) is 11.8 Å². The lowest BCUT2D eigenvalue weighted by molar-refractivity contribution is 0.121. The quantitative estimate of drug-likeness (QED) is 0.578. The third kappa shape index (κ3) is 2.38. The summed E-state index contributed by atoms with van der Waals surface area (Å²) in [5, 5.41) is 9.33. The minimum absolute atomic E-state index is 0.766. The minimum Gasteiger partial charge on any atom is -0.378 e. The molecule has 0 saturated carbocycles. The van der Waals surface area contributed by atoms with Crippen LogP contribution < -0.4 is 4.90 Å². The summed E-state index contributed by atoms with van der Waals surface area (Å²) in [6.07, 6.45) is 1.87. The molecule has 1 aromatic heterocycles. The van der Waals surface area contributed by atoms with E-state index in [0.717, 1.165) is 43.2 Å². The maximum absolute atomic E-state index is 5.32. The van der Waals surface area contributed by atoms with Crippen LogP contribution in [0.4, 0.5) is 5.95 Å². The summed E-state index contributed by atoms with van der Waals surface area (Å²) in [5.74, 6) is 1.78. The van der Waals surface area contributed by atoms with E-state index in [2.05, 4.69) is 21.7 Å². The first-order valence-electron chi connectivity index (χ1n) is 5.28. The molecule has 1 fully saturated rings. The third-order valence-electron chi connectivity index (χ3n) is 2.44. The molecule has 1 aromatic rings. The van der Waals surface area contributed by atoms with Crippen molar-refractivity contribution >= 4 is 17.7 Å². The Hall–Kier alpha value is -1.01. The van der Waals surface area contributed by atoms with Crippen molar-refractivity contribution in [3.63, 3.8) is 0 Å². The molecule has 88 valence electrons. The number of rotatable bonds is 4. The van der Waals surface area contributed by atoms with Crippen molar-refractivity contribution in [1.82, 2.24) is 14.8 Å². The van der Waals surface area contributed by atoms with Crippen LogP contribution in [0.1, 0.15) is 0 Å². The molecule has 2 rings (SSSR count). The molecule has 1 aliphatic heterocycles. The summed E-state index contributed by atoms with van der Waals surface area (Å²) in [4.78, 5) is 2.20. The number of hydrogen-bond acceptors (Lipinski definition) is 5. The number of hydrogen-bond donors (Lipinski definition) is 0. The number of nitrogens with zero attached hydrogens (tertiary/aromatic N) is 4. The van der Waals surface area contributed by atoms with E-state index in [1.807, 2.05) is 17.7 Å². The zero-order valence-corrected chi connectivity index (χ0v) is 10.2. The zero-order chi connectivity index (χ0) is 11.4. The highest BCUT2D eigenvalue weighted by Crippen LogP contribution is 2.20. The van der Waals surface area contributed by atoms with Gasteiger partial charge in [-0.05, 0) is 0 Å². The Morgan fingerprint density at radius 1 is 1.44 bits per heavy atom. The van der Waals surface area contributed by atoms with Crippen molar-refractivity contribution in [2.45, 2.75) is 5.16 Å². The zero-order valence-electron chi connectivity index (χ0n) is 9.43. The van der Waals surface area contributed by atoms with Crippen LogP contribution in [0, 0.1) is 0 Å². The standard InChI is InChI=1S/C10H16N4OS/c1-3-8-16-10-12-11-9(13(10)2)14-4-6-15-7-5-14/h3H,1,4-8H2,2H3. The largest absolute Gasteiger partial charge is 0.378 e. The lowest BCUT2D eigenvalue weighted by Crippen LogP contribution is -2.37. The van der Waals surface area contributed by atoms with E-state index in [0.29, 0.717) is 0 Å². The van der Waals surface area contributed by atoms with E-state index in [9.17, 15) is 0 Å². The second-order valence-corrected chi connectivity index (χ2v) is 4.53. The second kappa shape index (κ2) is 5.36. The molecule has 5 nitrogen and oxygen atoms in total. The fraction of sp³-hybridized carbons (Fsp3) is 0.600. The Labute approximate surface area is 99.5 Å². The molecule has 16 heavy (non-hydrogen) atoms. The second-order valence-electron chi connectivity index (χ2n) is 3.54. The van der Waals surface area contributed by atoms with Gasteiger partial charge in [0.2, 0.25) is 5.95 Å². The molecule has 0 bridgehead atoms. The van der Waals surface area contributed by atoms with Crippen LogP contribution in [0.3, 0.4) is 0 Å². The van der Waals surface area contributed by atoms with Gasteiger partial charge in [-0.1, -0.05) is 17.8 Å². The van der Waals surface area contributed by atoms with Gasteiger partial charge in [0, 0.05) is 25.9 Å². The fourth-order valence-corrected chi connectivity index (χ4v) is 2.25. The van der Waals surface area contributed by atoms with Crippen LogP contribution in [0.15, 0.2) is 17.8 Å². The Morgan fingerprint density at radius 3 is 2.88 bits per heavy atom. The van der Waals surface area contributed by atoms with Gasteiger partial charge in [0.1, 0.15) is 0 Å². The summed E-state index contributed by atoms with van der Waals surface area (Å²) in [6, 6.07) is 0. The van der Waals surface area contributed by atoms with Gasteiger partial charge in [-0.3, -0.25) is 4.57 Å². The number of aromatic nitrogens is 3. The highest BCUT2D eigenvalue weighted by molar-refractivity contribution is 7.99. The molecule has 6 heteroatoms. The Morgan fingerprint density at radius 2 is 2.19 bits per heavy atom. The first-order chi connectivity index (χ1) is 7.83. The van der Waals surface area contributed by atoms with Gasteiger partial charge < -0.3 is 9.64 Å². The van der Waals surface area contributed by atoms with Crippen molar-refractivity contribution < 1.29 is 4.74 Å². The van der Waals surface area contributed by atoms with Gasteiger partial charge in [-0.2, -0.15) is 0 Å². The fourth-order valence-electron chi connectivity index (χ4n) is 1.61. The van der Waals surface area contributed by atoms with Crippen LogP contribution in [0.5, 0.6) is 0 Å². The van der Waals surface area contributed by atoms with Crippen molar-refractivity contribution in [2.75, 3.05) is 37.0 Å².